The predicted octanol–water partition coefficient (Wildman–Crippen LogP) is 2.99. The molecule has 0 aliphatic carbocycles. The zero-order valence-corrected chi connectivity index (χ0v) is 15.8. The van der Waals surface area contributed by atoms with E-state index in [4.69, 9.17) is 4.74 Å². The van der Waals surface area contributed by atoms with Crippen molar-refractivity contribution in [3.05, 3.63) is 53.6 Å². The number of aryl methyl sites for hydroxylation is 3. The van der Waals surface area contributed by atoms with Crippen molar-refractivity contribution in [2.75, 3.05) is 19.7 Å². The highest BCUT2D eigenvalue weighted by Gasteiger charge is 2.17. The fourth-order valence-corrected chi connectivity index (χ4v) is 2.69. The van der Waals surface area contributed by atoms with Crippen molar-refractivity contribution in [2.45, 2.75) is 40.2 Å². The van der Waals surface area contributed by atoms with Crippen LogP contribution in [0.25, 0.3) is 0 Å². The van der Waals surface area contributed by atoms with Crippen molar-refractivity contribution >= 4 is 11.9 Å². The SMILES string of the molecule is CCOC(=O)CCN(CCCn1ccnc1)C(=O)c1ccc(C)c(C)c1. The third kappa shape index (κ3) is 5.72. The minimum absolute atomic E-state index is 0.0528. The van der Waals surface area contributed by atoms with Gasteiger partial charge in [0.25, 0.3) is 5.91 Å². The van der Waals surface area contributed by atoms with Gasteiger partial charge in [-0.1, -0.05) is 6.07 Å². The van der Waals surface area contributed by atoms with Gasteiger partial charge in [0.15, 0.2) is 0 Å². The lowest BCUT2D eigenvalue weighted by atomic mass is 10.1. The smallest absolute Gasteiger partial charge is 0.307 e. The number of carbonyl (C=O) groups is 2. The van der Waals surface area contributed by atoms with Crippen molar-refractivity contribution in [1.82, 2.24) is 14.5 Å². The van der Waals surface area contributed by atoms with Crippen molar-refractivity contribution < 1.29 is 14.3 Å². The summed E-state index contributed by atoms with van der Waals surface area (Å²) >= 11 is 0. The molecule has 0 aliphatic rings. The maximum absolute atomic E-state index is 12.9. The number of carbonyl (C=O) groups excluding carboxylic acids is 2. The normalized spacial score (nSPS) is 10.6. The Morgan fingerprint density at radius 3 is 2.65 bits per heavy atom. The summed E-state index contributed by atoms with van der Waals surface area (Å²) in [5, 5.41) is 0. The molecule has 0 unspecified atom stereocenters. The molecule has 0 bridgehead atoms. The highest BCUT2D eigenvalue weighted by atomic mass is 16.5. The molecule has 0 radical (unpaired) electrons. The molecule has 0 spiro atoms. The first-order valence-electron chi connectivity index (χ1n) is 8.99. The molecule has 0 atom stereocenters. The molecule has 1 aromatic carbocycles. The Kier molecular flexibility index (Phi) is 7.38. The van der Waals surface area contributed by atoms with Gasteiger partial charge in [-0.15, -0.1) is 0 Å². The summed E-state index contributed by atoms with van der Waals surface area (Å²) in [6.07, 6.45) is 6.38. The molecule has 0 saturated carbocycles. The van der Waals surface area contributed by atoms with Gasteiger partial charge >= 0.3 is 5.97 Å². The molecule has 1 aromatic heterocycles. The molecule has 6 heteroatoms. The highest BCUT2D eigenvalue weighted by molar-refractivity contribution is 5.94. The van der Waals surface area contributed by atoms with E-state index in [9.17, 15) is 9.59 Å². The zero-order valence-electron chi connectivity index (χ0n) is 15.8. The van der Waals surface area contributed by atoms with E-state index < -0.39 is 0 Å². The zero-order chi connectivity index (χ0) is 18.9. The Balaban J connectivity index is 2.03. The van der Waals surface area contributed by atoms with E-state index in [0.29, 0.717) is 25.3 Å². The second-order valence-corrected chi connectivity index (χ2v) is 6.30. The number of rotatable bonds is 9. The summed E-state index contributed by atoms with van der Waals surface area (Å²) < 4.78 is 6.96. The number of nitrogens with zero attached hydrogens (tertiary/aromatic N) is 3. The first kappa shape index (κ1) is 19.7. The molecule has 26 heavy (non-hydrogen) atoms. The van der Waals surface area contributed by atoms with Crippen LogP contribution in [0.5, 0.6) is 0 Å². The van der Waals surface area contributed by atoms with E-state index in [-0.39, 0.29) is 18.3 Å². The molecule has 0 fully saturated rings. The first-order valence-corrected chi connectivity index (χ1v) is 8.99. The molecule has 6 nitrogen and oxygen atoms in total. The first-order chi connectivity index (χ1) is 12.5. The molecule has 2 rings (SSSR count). The Bertz CT molecular complexity index is 726. The van der Waals surface area contributed by atoms with Crippen LogP contribution in [0.15, 0.2) is 36.9 Å². The number of esters is 1. The van der Waals surface area contributed by atoms with Gasteiger partial charge in [0.05, 0.1) is 19.4 Å². The van der Waals surface area contributed by atoms with Gasteiger partial charge in [0, 0.05) is 37.6 Å². The van der Waals surface area contributed by atoms with Gasteiger partial charge in [-0.3, -0.25) is 9.59 Å². The van der Waals surface area contributed by atoms with Crippen LogP contribution in [0, 0.1) is 13.8 Å². The Morgan fingerprint density at radius 2 is 2.00 bits per heavy atom. The summed E-state index contributed by atoms with van der Waals surface area (Å²) in [5.41, 5.74) is 2.89. The second kappa shape index (κ2) is 9.75. The number of imidazole rings is 1. The lowest BCUT2D eigenvalue weighted by Crippen LogP contribution is -2.34. The Labute approximate surface area is 154 Å². The lowest BCUT2D eigenvalue weighted by molar-refractivity contribution is -0.143. The maximum Gasteiger partial charge on any atom is 0.307 e. The Morgan fingerprint density at radius 1 is 1.19 bits per heavy atom. The monoisotopic (exact) mass is 357 g/mol. The summed E-state index contributed by atoms with van der Waals surface area (Å²) in [6, 6.07) is 5.71. The lowest BCUT2D eigenvalue weighted by Gasteiger charge is -2.23. The van der Waals surface area contributed by atoms with Crippen LogP contribution in [0.1, 0.15) is 41.3 Å². The van der Waals surface area contributed by atoms with Crippen LogP contribution < -0.4 is 0 Å². The number of hydrogen-bond acceptors (Lipinski definition) is 4. The van der Waals surface area contributed by atoms with E-state index in [0.717, 1.165) is 24.1 Å². The molecule has 2 aromatic rings. The molecule has 1 heterocycles. The van der Waals surface area contributed by atoms with Crippen molar-refractivity contribution in [2.24, 2.45) is 0 Å². The number of hydrogen-bond donors (Lipinski definition) is 0. The fourth-order valence-electron chi connectivity index (χ4n) is 2.69. The van der Waals surface area contributed by atoms with Gasteiger partial charge in [-0.05, 0) is 50.5 Å². The molecule has 0 N–H and O–H groups in total. The summed E-state index contributed by atoms with van der Waals surface area (Å²) in [7, 11) is 0. The van der Waals surface area contributed by atoms with Crippen LogP contribution in [-0.4, -0.2) is 46.0 Å². The average molecular weight is 357 g/mol. The van der Waals surface area contributed by atoms with Crippen LogP contribution in [-0.2, 0) is 16.1 Å². The van der Waals surface area contributed by atoms with Crippen LogP contribution in [0.2, 0.25) is 0 Å². The third-order valence-corrected chi connectivity index (χ3v) is 4.34. The largest absolute Gasteiger partial charge is 0.466 e. The number of aromatic nitrogens is 2. The van der Waals surface area contributed by atoms with Crippen LogP contribution in [0.4, 0.5) is 0 Å². The molecular formula is C20H27N3O3. The molecule has 0 aliphatic heterocycles. The topological polar surface area (TPSA) is 64.4 Å². The molecular weight excluding hydrogens is 330 g/mol. The molecule has 1 amide bonds. The summed E-state index contributed by atoms with van der Waals surface area (Å²) in [4.78, 5) is 30.4. The summed E-state index contributed by atoms with van der Waals surface area (Å²) in [5.74, 6) is -0.331. The van der Waals surface area contributed by atoms with E-state index in [1.54, 1.807) is 24.3 Å². The van der Waals surface area contributed by atoms with Crippen molar-refractivity contribution in [3.63, 3.8) is 0 Å². The minimum atomic E-state index is -0.278. The standard InChI is InChI=1S/C20H27N3O3/c1-4-26-19(24)8-12-23(11-5-10-22-13-9-21-15-22)20(25)18-7-6-16(2)17(3)14-18/h6-7,9,13-15H,4-5,8,10-12H2,1-3H3. The molecule has 0 saturated heterocycles. The summed E-state index contributed by atoms with van der Waals surface area (Å²) in [6.45, 7) is 7.85. The van der Waals surface area contributed by atoms with Gasteiger partial charge in [0.1, 0.15) is 0 Å². The van der Waals surface area contributed by atoms with E-state index in [1.165, 1.54) is 0 Å². The van der Waals surface area contributed by atoms with Crippen LogP contribution in [0.3, 0.4) is 0 Å². The number of amides is 1. The third-order valence-electron chi connectivity index (χ3n) is 4.34. The second-order valence-electron chi connectivity index (χ2n) is 6.30. The maximum atomic E-state index is 12.9. The van der Waals surface area contributed by atoms with E-state index in [1.807, 2.05) is 42.8 Å². The van der Waals surface area contributed by atoms with E-state index in [2.05, 4.69) is 4.98 Å². The fraction of sp³-hybridized carbons (Fsp3) is 0.450. The van der Waals surface area contributed by atoms with Gasteiger partial charge in [-0.2, -0.15) is 0 Å². The Hall–Kier alpha value is -2.63. The van der Waals surface area contributed by atoms with Gasteiger partial charge < -0.3 is 14.2 Å². The minimum Gasteiger partial charge on any atom is -0.466 e. The number of ether oxygens (including phenoxy) is 1. The quantitative estimate of drug-likeness (QED) is 0.647. The number of benzene rings is 1. The van der Waals surface area contributed by atoms with Crippen LogP contribution >= 0.6 is 0 Å². The van der Waals surface area contributed by atoms with E-state index >= 15 is 0 Å². The van der Waals surface area contributed by atoms with Crippen molar-refractivity contribution in [1.29, 1.82) is 0 Å². The predicted molar refractivity (Wildman–Crippen MR) is 99.9 cm³/mol. The molecule has 140 valence electrons. The van der Waals surface area contributed by atoms with Gasteiger partial charge in [-0.25, -0.2) is 4.98 Å². The van der Waals surface area contributed by atoms with Gasteiger partial charge in [0.2, 0.25) is 0 Å². The highest BCUT2D eigenvalue weighted by Crippen LogP contribution is 2.13. The van der Waals surface area contributed by atoms with Crippen molar-refractivity contribution in [3.8, 4) is 0 Å². The average Bonchev–Trinajstić information content (AvgIpc) is 3.13.